The molecule has 0 aliphatic heterocycles. The summed E-state index contributed by atoms with van der Waals surface area (Å²) in [6, 6.07) is 13.4. The number of halogens is 1. The Balaban J connectivity index is 2.47. The maximum atomic E-state index is 10.4. The molecule has 0 saturated heterocycles. The molecular weight excluding hydrogens is 232 g/mol. The van der Waals surface area contributed by atoms with Crippen molar-refractivity contribution in [2.45, 2.75) is 20.0 Å². The highest BCUT2D eigenvalue weighted by Gasteiger charge is 2.15. The van der Waals surface area contributed by atoms with Gasteiger partial charge in [-0.25, -0.2) is 0 Å². The minimum absolute atomic E-state index is 0.616. The van der Waals surface area contributed by atoms with E-state index in [-0.39, 0.29) is 0 Å². The molecule has 2 rings (SSSR count). The van der Waals surface area contributed by atoms with Gasteiger partial charge in [0.2, 0.25) is 0 Å². The molecule has 0 spiro atoms. The van der Waals surface area contributed by atoms with Gasteiger partial charge in [-0.15, -0.1) is 0 Å². The van der Waals surface area contributed by atoms with E-state index in [1.54, 1.807) is 6.07 Å². The van der Waals surface area contributed by atoms with Crippen molar-refractivity contribution in [3.63, 3.8) is 0 Å². The SMILES string of the molecule is Cc1cccc(C)c1C(O)c1cccc(Cl)c1. The zero-order chi connectivity index (χ0) is 12.4. The lowest BCUT2D eigenvalue weighted by atomic mass is 9.93. The average Bonchev–Trinajstić information content (AvgIpc) is 2.28. The predicted octanol–water partition coefficient (Wildman–Crippen LogP) is 4.04. The maximum absolute atomic E-state index is 10.4. The lowest BCUT2D eigenvalue weighted by molar-refractivity contribution is 0.219. The van der Waals surface area contributed by atoms with Crippen molar-refractivity contribution in [1.82, 2.24) is 0 Å². The molecule has 2 aromatic carbocycles. The Hall–Kier alpha value is -1.31. The number of aliphatic hydroxyl groups is 1. The van der Waals surface area contributed by atoms with Crippen LogP contribution in [0.2, 0.25) is 5.02 Å². The first-order valence-corrected chi connectivity index (χ1v) is 5.97. The van der Waals surface area contributed by atoms with Gasteiger partial charge in [0.1, 0.15) is 6.10 Å². The van der Waals surface area contributed by atoms with Crippen LogP contribution in [0.15, 0.2) is 42.5 Å². The van der Waals surface area contributed by atoms with Gasteiger partial charge < -0.3 is 5.11 Å². The fourth-order valence-electron chi connectivity index (χ4n) is 2.10. The van der Waals surface area contributed by atoms with Gasteiger partial charge in [-0.1, -0.05) is 41.9 Å². The van der Waals surface area contributed by atoms with E-state index in [0.29, 0.717) is 5.02 Å². The number of rotatable bonds is 2. The molecule has 0 bridgehead atoms. The average molecular weight is 247 g/mol. The van der Waals surface area contributed by atoms with Crippen molar-refractivity contribution in [2.75, 3.05) is 0 Å². The Labute approximate surface area is 107 Å². The van der Waals surface area contributed by atoms with Gasteiger partial charge in [-0.3, -0.25) is 0 Å². The van der Waals surface area contributed by atoms with Crippen LogP contribution in [0.5, 0.6) is 0 Å². The van der Waals surface area contributed by atoms with E-state index in [1.807, 2.05) is 50.2 Å². The first kappa shape index (κ1) is 12.2. The van der Waals surface area contributed by atoms with Crippen molar-refractivity contribution in [1.29, 1.82) is 0 Å². The molecular formula is C15H15ClO. The topological polar surface area (TPSA) is 20.2 Å². The summed E-state index contributed by atoms with van der Waals surface area (Å²) in [5.41, 5.74) is 3.99. The fourth-order valence-corrected chi connectivity index (χ4v) is 2.30. The van der Waals surface area contributed by atoms with Gasteiger partial charge in [0.05, 0.1) is 0 Å². The zero-order valence-electron chi connectivity index (χ0n) is 9.94. The lowest BCUT2D eigenvalue weighted by Crippen LogP contribution is -2.04. The van der Waals surface area contributed by atoms with Gasteiger partial charge in [0, 0.05) is 5.02 Å². The van der Waals surface area contributed by atoms with Crippen LogP contribution in [0.3, 0.4) is 0 Å². The van der Waals surface area contributed by atoms with Crippen LogP contribution in [0, 0.1) is 13.8 Å². The third kappa shape index (κ3) is 2.51. The Morgan fingerprint density at radius 2 is 1.59 bits per heavy atom. The van der Waals surface area contributed by atoms with E-state index in [2.05, 4.69) is 0 Å². The van der Waals surface area contributed by atoms with Gasteiger partial charge in [-0.05, 0) is 48.2 Å². The first-order valence-electron chi connectivity index (χ1n) is 5.59. The molecule has 2 aromatic rings. The van der Waals surface area contributed by atoms with Crippen molar-refractivity contribution in [2.24, 2.45) is 0 Å². The van der Waals surface area contributed by atoms with Crippen LogP contribution in [0.1, 0.15) is 28.4 Å². The van der Waals surface area contributed by atoms with E-state index in [9.17, 15) is 5.11 Å². The van der Waals surface area contributed by atoms with Crippen LogP contribution in [-0.4, -0.2) is 5.11 Å². The summed E-state index contributed by atoms with van der Waals surface area (Å²) in [4.78, 5) is 0. The Morgan fingerprint density at radius 1 is 1.00 bits per heavy atom. The molecule has 0 amide bonds. The van der Waals surface area contributed by atoms with Gasteiger partial charge in [-0.2, -0.15) is 0 Å². The Bertz CT molecular complexity index is 514. The van der Waals surface area contributed by atoms with E-state index >= 15 is 0 Å². The summed E-state index contributed by atoms with van der Waals surface area (Å²) in [7, 11) is 0. The van der Waals surface area contributed by atoms with Crippen LogP contribution in [0.4, 0.5) is 0 Å². The predicted molar refractivity (Wildman–Crippen MR) is 71.4 cm³/mol. The van der Waals surface area contributed by atoms with Crippen LogP contribution in [0.25, 0.3) is 0 Å². The second-order valence-electron chi connectivity index (χ2n) is 4.26. The van der Waals surface area contributed by atoms with Crippen molar-refractivity contribution >= 4 is 11.6 Å². The quantitative estimate of drug-likeness (QED) is 0.848. The van der Waals surface area contributed by atoms with E-state index in [1.165, 1.54) is 0 Å². The standard InChI is InChI=1S/C15H15ClO/c1-10-5-3-6-11(2)14(10)15(17)12-7-4-8-13(16)9-12/h3-9,15,17H,1-2H3. The summed E-state index contributed by atoms with van der Waals surface area (Å²) < 4.78 is 0. The normalized spacial score (nSPS) is 12.5. The molecule has 2 heteroatoms. The number of benzene rings is 2. The number of aliphatic hydroxyl groups excluding tert-OH is 1. The van der Waals surface area contributed by atoms with Gasteiger partial charge in [0.15, 0.2) is 0 Å². The van der Waals surface area contributed by atoms with Crippen LogP contribution < -0.4 is 0 Å². The lowest BCUT2D eigenvalue weighted by Gasteiger charge is -2.17. The zero-order valence-corrected chi connectivity index (χ0v) is 10.7. The van der Waals surface area contributed by atoms with Gasteiger partial charge >= 0.3 is 0 Å². The summed E-state index contributed by atoms with van der Waals surface area (Å²) >= 11 is 5.94. The summed E-state index contributed by atoms with van der Waals surface area (Å²) in [5, 5.41) is 11.1. The largest absolute Gasteiger partial charge is 0.384 e. The number of hydrogen-bond acceptors (Lipinski definition) is 1. The third-order valence-corrected chi connectivity index (χ3v) is 3.22. The van der Waals surface area contributed by atoms with Gasteiger partial charge in [0.25, 0.3) is 0 Å². The molecule has 0 aliphatic carbocycles. The molecule has 1 atom stereocenters. The molecule has 0 aromatic heterocycles. The highest BCUT2D eigenvalue weighted by Crippen LogP contribution is 2.28. The highest BCUT2D eigenvalue weighted by atomic mass is 35.5. The number of hydrogen-bond donors (Lipinski definition) is 1. The molecule has 0 radical (unpaired) electrons. The monoisotopic (exact) mass is 246 g/mol. The molecule has 88 valence electrons. The Morgan fingerprint density at radius 3 is 2.18 bits per heavy atom. The van der Waals surface area contributed by atoms with Crippen LogP contribution >= 0.6 is 11.6 Å². The van der Waals surface area contributed by atoms with E-state index < -0.39 is 6.10 Å². The number of aryl methyl sites for hydroxylation is 2. The molecule has 0 saturated carbocycles. The molecule has 0 fully saturated rings. The molecule has 17 heavy (non-hydrogen) atoms. The van der Waals surface area contributed by atoms with E-state index in [0.717, 1.165) is 22.3 Å². The smallest absolute Gasteiger partial charge is 0.105 e. The van der Waals surface area contributed by atoms with Crippen molar-refractivity contribution in [3.8, 4) is 0 Å². The molecule has 1 nitrogen and oxygen atoms in total. The first-order chi connectivity index (χ1) is 8.09. The third-order valence-electron chi connectivity index (χ3n) is 2.98. The summed E-state index contributed by atoms with van der Waals surface area (Å²) in [6.07, 6.45) is -0.616. The molecule has 0 heterocycles. The summed E-state index contributed by atoms with van der Waals surface area (Å²) in [5.74, 6) is 0. The summed E-state index contributed by atoms with van der Waals surface area (Å²) in [6.45, 7) is 4.02. The minimum atomic E-state index is -0.616. The molecule has 1 unspecified atom stereocenters. The van der Waals surface area contributed by atoms with Crippen molar-refractivity contribution < 1.29 is 5.11 Å². The minimum Gasteiger partial charge on any atom is -0.384 e. The molecule has 0 aliphatic rings. The van der Waals surface area contributed by atoms with Crippen LogP contribution in [-0.2, 0) is 0 Å². The fraction of sp³-hybridized carbons (Fsp3) is 0.200. The highest BCUT2D eigenvalue weighted by molar-refractivity contribution is 6.30. The van der Waals surface area contributed by atoms with Crippen molar-refractivity contribution in [3.05, 3.63) is 69.7 Å². The molecule has 1 N–H and O–H groups in total. The Kier molecular flexibility index (Phi) is 3.51. The van der Waals surface area contributed by atoms with E-state index in [4.69, 9.17) is 11.6 Å². The second-order valence-corrected chi connectivity index (χ2v) is 4.70. The maximum Gasteiger partial charge on any atom is 0.105 e. The second kappa shape index (κ2) is 4.91.